The largest absolute Gasteiger partial charge is 0.496 e. The molecule has 0 aromatic heterocycles. The van der Waals surface area contributed by atoms with E-state index in [0.717, 1.165) is 15.8 Å². The third-order valence-corrected chi connectivity index (χ3v) is 2.67. The molecule has 1 atom stereocenters. The first kappa shape index (κ1) is 10.9. The van der Waals surface area contributed by atoms with Gasteiger partial charge in [-0.25, -0.2) is 0 Å². The molecule has 0 fully saturated rings. The number of rotatable bonds is 3. The number of methoxy groups -OCH3 is 1. The molecule has 1 unspecified atom stereocenters. The van der Waals surface area contributed by atoms with Crippen molar-refractivity contribution in [3.8, 4) is 5.75 Å². The van der Waals surface area contributed by atoms with Crippen LogP contribution in [0.4, 0.5) is 0 Å². The molecule has 0 aliphatic heterocycles. The van der Waals surface area contributed by atoms with Crippen molar-refractivity contribution in [2.75, 3.05) is 12.9 Å². The first-order valence-electron chi connectivity index (χ1n) is 3.89. The zero-order chi connectivity index (χ0) is 9.84. The van der Waals surface area contributed by atoms with Crippen LogP contribution in [0, 0.1) is 0 Å². The number of benzene rings is 1. The van der Waals surface area contributed by atoms with Gasteiger partial charge in [-0.05, 0) is 18.2 Å². The molecule has 13 heavy (non-hydrogen) atoms. The van der Waals surface area contributed by atoms with E-state index in [1.165, 1.54) is 0 Å². The quantitative estimate of drug-likeness (QED) is 0.820. The van der Waals surface area contributed by atoms with Crippen molar-refractivity contribution >= 4 is 28.6 Å². The molecule has 0 bridgehead atoms. The number of halogens is 1. The van der Waals surface area contributed by atoms with Gasteiger partial charge in [-0.15, -0.1) is 0 Å². The van der Waals surface area contributed by atoms with Gasteiger partial charge >= 0.3 is 0 Å². The summed E-state index contributed by atoms with van der Waals surface area (Å²) >= 11 is 7.54. The van der Waals surface area contributed by atoms with Gasteiger partial charge in [0.2, 0.25) is 0 Å². The van der Waals surface area contributed by atoms with Gasteiger partial charge in [0.15, 0.2) is 0 Å². The van der Waals surface area contributed by atoms with E-state index >= 15 is 0 Å². The average Bonchev–Trinajstić information content (AvgIpc) is 2.16. The van der Waals surface area contributed by atoms with Gasteiger partial charge in [0.05, 0.1) is 7.11 Å². The molecule has 1 aromatic rings. The monoisotopic (exact) mass is 261 g/mol. The van der Waals surface area contributed by atoms with Crippen LogP contribution in [-0.2, 0) is 0 Å². The highest BCUT2D eigenvalue weighted by atomic mass is 79.9. The summed E-state index contributed by atoms with van der Waals surface area (Å²) in [4.78, 5) is 0. The van der Waals surface area contributed by atoms with Crippen LogP contribution in [-0.4, -0.2) is 12.9 Å². The Hall–Kier alpha value is -0.190. The summed E-state index contributed by atoms with van der Waals surface area (Å²) in [5.74, 6) is 1.41. The van der Waals surface area contributed by atoms with Crippen LogP contribution in [0.3, 0.4) is 0 Å². The highest BCUT2D eigenvalue weighted by Gasteiger charge is 2.10. The molecule has 0 amide bonds. The summed E-state index contributed by atoms with van der Waals surface area (Å²) in [6.07, 6.45) is 0. The molecule has 1 aromatic carbocycles. The predicted octanol–water partition coefficient (Wildman–Crippen LogP) is 2.39. The highest BCUT2D eigenvalue weighted by molar-refractivity contribution is 9.10. The third-order valence-electron chi connectivity index (χ3n) is 1.79. The van der Waals surface area contributed by atoms with Gasteiger partial charge in [0.1, 0.15) is 5.75 Å². The second-order valence-corrected chi connectivity index (χ2v) is 3.96. The molecule has 0 spiro atoms. The van der Waals surface area contributed by atoms with Gasteiger partial charge in [-0.2, -0.15) is 12.6 Å². The lowest BCUT2D eigenvalue weighted by Crippen LogP contribution is -2.12. The molecule has 72 valence electrons. The maximum atomic E-state index is 5.86. The Morgan fingerprint density at radius 1 is 1.62 bits per heavy atom. The van der Waals surface area contributed by atoms with Gasteiger partial charge < -0.3 is 10.5 Å². The summed E-state index contributed by atoms with van der Waals surface area (Å²) in [5, 5.41) is 0. The van der Waals surface area contributed by atoms with Crippen molar-refractivity contribution in [1.82, 2.24) is 0 Å². The summed E-state index contributed by atoms with van der Waals surface area (Å²) in [6.45, 7) is 0. The third kappa shape index (κ3) is 2.62. The number of thiol groups is 1. The Labute approximate surface area is 92.0 Å². The number of ether oxygens (including phenoxy) is 1. The van der Waals surface area contributed by atoms with Crippen LogP contribution < -0.4 is 10.5 Å². The molecular formula is C9H12BrNOS. The van der Waals surface area contributed by atoms with Crippen molar-refractivity contribution in [3.05, 3.63) is 28.2 Å². The lowest BCUT2D eigenvalue weighted by atomic mass is 10.1. The van der Waals surface area contributed by atoms with E-state index in [9.17, 15) is 0 Å². The molecule has 0 saturated heterocycles. The van der Waals surface area contributed by atoms with Gasteiger partial charge in [-0.3, -0.25) is 0 Å². The minimum Gasteiger partial charge on any atom is -0.496 e. The number of hydrogen-bond acceptors (Lipinski definition) is 3. The minimum absolute atomic E-state index is 0.0872. The maximum absolute atomic E-state index is 5.86. The molecule has 2 nitrogen and oxygen atoms in total. The highest BCUT2D eigenvalue weighted by Crippen LogP contribution is 2.27. The Bertz CT molecular complexity index is 293. The second-order valence-electron chi connectivity index (χ2n) is 2.68. The molecular weight excluding hydrogens is 250 g/mol. The topological polar surface area (TPSA) is 35.2 Å². The van der Waals surface area contributed by atoms with Crippen molar-refractivity contribution in [1.29, 1.82) is 0 Å². The van der Waals surface area contributed by atoms with Crippen LogP contribution in [0.1, 0.15) is 11.6 Å². The molecule has 0 aliphatic rings. The van der Waals surface area contributed by atoms with Crippen LogP contribution in [0.5, 0.6) is 5.75 Å². The molecule has 0 radical (unpaired) electrons. The molecule has 0 saturated carbocycles. The fourth-order valence-electron chi connectivity index (χ4n) is 1.09. The van der Waals surface area contributed by atoms with E-state index in [1.807, 2.05) is 18.2 Å². The number of nitrogens with two attached hydrogens (primary N) is 1. The van der Waals surface area contributed by atoms with Gasteiger partial charge in [0, 0.05) is 21.8 Å². The van der Waals surface area contributed by atoms with E-state index in [0.29, 0.717) is 5.75 Å². The molecule has 2 N–H and O–H groups in total. The van der Waals surface area contributed by atoms with Crippen molar-refractivity contribution in [3.63, 3.8) is 0 Å². The lowest BCUT2D eigenvalue weighted by molar-refractivity contribution is 0.407. The smallest absolute Gasteiger partial charge is 0.123 e. The van der Waals surface area contributed by atoms with Crippen molar-refractivity contribution in [2.45, 2.75) is 6.04 Å². The number of hydrogen-bond donors (Lipinski definition) is 2. The molecule has 0 aliphatic carbocycles. The minimum atomic E-state index is -0.0872. The van der Waals surface area contributed by atoms with E-state index in [2.05, 4.69) is 28.6 Å². The molecule has 4 heteroatoms. The molecule has 1 rings (SSSR count). The second kappa shape index (κ2) is 4.88. The van der Waals surface area contributed by atoms with E-state index in [-0.39, 0.29) is 6.04 Å². The van der Waals surface area contributed by atoms with Crippen LogP contribution in [0.25, 0.3) is 0 Å². The standard InChI is InChI=1S/C9H12BrNOS/c1-12-9-3-2-6(10)4-7(9)8(11)5-13/h2-4,8,13H,5,11H2,1H3. The van der Waals surface area contributed by atoms with Gasteiger partial charge in [-0.1, -0.05) is 15.9 Å². The van der Waals surface area contributed by atoms with Crippen LogP contribution in [0.2, 0.25) is 0 Å². The first-order chi connectivity index (χ1) is 6.19. The fraction of sp³-hybridized carbons (Fsp3) is 0.333. The lowest BCUT2D eigenvalue weighted by Gasteiger charge is -2.13. The zero-order valence-corrected chi connectivity index (χ0v) is 9.81. The SMILES string of the molecule is COc1ccc(Br)cc1C(N)CS. The van der Waals surface area contributed by atoms with E-state index in [1.54, 1.807) is 7.11 Å². The normalized spacial score (nSPS) is 12.6. The first-order valence-corrected chi connectivity index (χ1v) is 5.31. The van der Waals surface area contributed by atoms with Crippen molar-refractivity contribution < 1.29 is 4.74 Å². The zero-order valence-electron chi connectivity index (χ0n) is 7.33. The van der Waals surface area contributed by atoms with Crippen LogP contribution in [0.15, 0.2) is 22.7 Å². The summed E-state index contributed by atoms with van der Waals surface area (Å²) in [7, 11) is 1.64. The van der Waals surface area contributed by atoms with Gasteiger partial charge in [0.25, 0.3) is 0 Å². The van der Waals surface area contributed by atoms with E-state index in [4.69, 9.17) is 10.5 Å². The Morgan fingerprint density at radius 2 is 2.31 bits per heavy atom. The summed E-state index contributed by atoms with van der Waals surface area (Å²) in [5.41, 5.74) is 6.84. The van der Waals surface area contributed by atoms with Crippen molar-refractivity contribution in [2.24, 2.45) is 5.73 Å². The fourth-order valence-corrected chi connectivity index (χ4v) is 1.67. The molecule has 0 heterocycles. The Morgan fingerprint density at radius 3 is 2.85 bits per heavy atom. The van der Waals surface area contributed by atoms with E-state index < -0.39 is 0 Å². The Balaban J connectivity index is 3.07. The Kier molecular flexibility index (Phi) is 4.09. The average molecular weight is 262 g/mol. The predicted molar refractivity (Wildman–Crippen MR) is 61.5 cm³/mol. The summed E-state index contributed by atoms with van der Waals surface area (Å²) < 4.78 is 6.19. The summed E-state index contributed by atoms with van der Waals surface area (Å²) in [6, 6.07) is 5.69. The van der Waals surface area contributed by atoms with Crippen LogP contribution >= 0.6 is 28.6 Å². The maximum Gasteiger partial charge on any atom is 0.123 e.